The Balaban J connectivity index is 2.44. The molecule has 86 valence electrons. The summed E-state index contributed by atoms with van der Waals surface area (Å²) in [6.07, 6.45) is 1.07. The van der Waals surface area contributed by atoms with Gasteiger partial charge in [-0.2, -0.15) is 0 Å². The van der Waals surface area contributed by atoms with Crippen LogP contribution in [0.25, 0.3) is 0 Å². The smallest absolute Gasteiger partial charge is 0.117 e. The molecule has 3 nitrogen and oxygen atoms in total. The van der Waals surface area contributed by atoms with Gasteiger partial charge in [-0.3, -0.25) is 4.21 Å². The summed E-state index contributed by atoms with van der Waals surface area (Å²) in [5.74, 6) is 3.29. The molecule has 0 fully saturated rings. The average molecular weight is 229 g/mol. The first-order chi connectivity index (χ1) is 7.15. The maximum Gasteiger partial charge on any atom is 0.117 e. The van der Waals surface area contributed by atoms with Crippen molar-refractivity contribution in [1.29, 1.82) is 0 Å². The highest BCUT2D eigenvalue weighted by Crippen LogP contribution is 2.12. The van der Waals surface area contributed by atoms with E-state index < -0.39 is 10.8 Å². The fourth-order valence-electron chi connectivity index (χ4n) is 1.26. The maximum absolute atomic E-state index is 11.7. The molecule has 1 aromatic rings. The van der Waals surface area contributed by atoms with Gasteiger partial charge in [-0.15, -0.1) is 0 Å². The number of rotatable bonds is 6. The van der Waals surface area contributed by atoms with Crippen molar-refractivity contribution in [1.82, 2.24) is 0 Å². The highest BCUT2D eigenvalue weighted by molar-refractivity contribution is 7.84. The molecule has 2 N–H and O–H groups in total. The lowest BCUT2D eigenvalue weighted by atomic mass is 10.2. The normalized spacial score (nSPS) is 15.1. The first kappa shape index (κ1) is 12.5. The molecule has 0 aliphatic heterocycles. The molecule has 0 aromatic carbocycles. The molecule has 0 bridgehead atoms. The molecule has 2 unspecified atom stereocenters. The second-order valence-corrected chi connectivity index (χ2v) is 5.34. The first-order valence-corrected chi connectivity index (χ1v) is 6.77. The van der Waals surface area contributed by atoms with Crippen molar-refractivity contribution in [3.63, 3.8) is 0 Å². The van der Waals surface area contributed by atoms with E-state index in [1.54, 1.807) is 0 Å². The predicted molar refractivity (Wildman–Crippen MR) is 62.8 cm³/mol. The Morgan fingerprint density at radius 3 is 2.67 bits per heavy atom. The van der Waals surface area contributed by atoms with Crippen molar-refractivity contribution < 1.29 is 8.63 Å². The topological polar surface area (TPSA) is 56.2 Å². The van der Waals surface area contributed by atoms with Crippen molar-refractivity contribution in [2.75, 3.05) is 5.75 Å². The van der Waals surface area contributed by atoms with Crippen molar-refractivity contribution in [2.24, 2.45) is 11.7 Å². The van der Waals surface area contributed by atoms with Crippen LogP contribution in [0.3, 0.4) is 0 Å². The van der Waals surface area contributed by atoms with Crippen LogP contribution < -0.4 is 5.73 Å². The summed E-state index contributed by atoms with van der Waals surface area (Å²) >= 11 is 0. The summed E-state index contributed by atoms with van der Waals surface area (Å²) in [6.45, 7) is 4.63. The summed E-state index contributed by atoms with van der Waals surface area (Å²) in [5, 5.41) is 0. The molecule has 15 heavy (non-hydrogen) atoms. The Kier molecular flexibility index (Phi) is 5.05. The standard InChI is InChI=1S/C11H19NO2S/c1-3-9(2)7-15(13)8-11-5-4-10(6-12)14-11/h4-5,9H,3,6-8,12H2,1-2H3. The SMILES string of the molecule is CCC(C)CS(=O)Cc1ccc(CN)o1. The average Bonchev–Trinajstić information content (AvgIpc) is 2.65. The Morgan fingerprint density at radius 1 is 1.47 bits per heavy atom. The summed E-state index contributed by atoms with van der Waals surface area (Å²) in [5.41, 5.74) is 5.43. The van der Waals surface area contributed by atoms with Crippen molar-refractivity contribution in [3.8, 4) is 0 Å². The van der Waals surface area contributed by atoms with E-state index in [1.807, 2.05) is 12.1 Å². The predicted octanol–water partition coefficient (Wildman–Crippen LogP) is 2.03. The molecule has 1 aromatic heterocycles. The summed E-state index contributed by atoms with van der Waals surface area (Å²) in [6, 6.07) is 3.70. The molecular formula is C11H19NO2S. The molecule has 4 heteroatoms. The third kappa shape index (κ3) is 4.18. The summed E-state index contributed by atoms with van der Waals surface area (Å²) < 4.78 is 17.1. The number of furan rings is 1. The molecule has 0 saturated carbocycles. The fraction of sp³-hybridized carbons (Fsp3) is 0.636. The van der Waals surface area contributed by atoms with Gasteiger partial charge < -0.3 is 10.2 Å². The zero-order valence-corrected chi connectivity index (χ0v) is 10.2. The molecule has 0 amide bonds. The molecule has 0 aliphatic rings. The lowest BCUT2D eigenvalue weighted by molar-refractivity contribution is 0.480. The molecule has 0 radical (unpaired) electrons. The van der Waals surface area contributed by atoms with Crippen molar-refractivity contribution in [2.45, 2.75) is 32.6 Å². The second kappa shape index (κ2) is 6.08. The van der Waals surface area contributed by atoms with Gasteiger partial charge in [-0.05, 0) is 18.1 Å². The van der Waals surface area contributed by atoms with E-state index in [0.29, 0.717) is 18.2 Å². The Labute approximate surface area is 93.5 Å². The van der Waals surface area contributed by atoms with E-state index >= 15 is 0 Å². The summed E-state index contributed by atoms with van der Waals surface area (Å²) in [7, 11) is -0.824. The quantitative estimate of drug-likeness (QED) is 0.812. The van der Waals surface area contributed by atoms with E-state index in [2.05, 4.69) is 13.8 Å². The van der Waals surface area contributed by atoms with Crippen LogP contribution in [0, 0.1) is 5.92 Å². The maximum atomic E-state index is 11.7. The Bertz CT molecular complexity index is 322. The van der Waals surface area contributed by atoms with E-state index in [1.165, 1.54) is 0 Å². The first-order valence-electron chi connectivity index (χ1n) is 5.28. The van der Waals surface area contributed by atoms with Crippen LogP contribution in [0.15, 0.2) is 16.5 Å². The van der Waals surface area contributed by atoms with Crippen LogP contribution in [-0.4, -0.2) is 9.96 Å². The van der Waals surface area contributed by atoms with Crippen LogP contribution >= 0.6 is 0 Å². The molecule has 2 atom stereocenters. The van der Waals surface area contributed by atoms with Gasteiger partial charge in [0.2, 0.25) is 0 Å². The minimum atomic E-state index is -0.824. The van der Waals surface area contributed by atoms with Gasteiger partial charge in [0, 0.05) is 16.6 Å². The van der Waals surface area contributed by atoms with Crippen LogP contribution in [-0.2, 0) is 23.1 Å². The van der Waals surface area contributed by atoms with E-state index in [0.717, 1.165) is 23.7 Å². The highest BCUT2D eigenvalue weighted by atomic mass is 32.2. The monoisotopic (exact) mass is 229 g/mol. The van der Waals surface area contributed by atoms with Gasteiger partial charge in [0.15, 0.2) is 0 Å². The molecule has 0 aliphatic carbocycles. The largest absolute Gasteiger partial charge is 0.464 e. The second-order valence-electron chi connectivity index (χ2n) is 3.84. The fourth-order valence-corrected chi connectivity index (χ4v) is 2.72. The van der Waals surface area contributed by atoms with Gasteiger partial charge >= 0.3 is 0 Å². The van der Waals surface area contributed by atoms with Gasteiger partial charge in [0.05, 0.1) is 12.3 Å². The molecule has 0 spiro atoms. The Hall–Kier alpha value is -0.610. The third-order valence-corrected chi connectivity index (χ3v) is 3.94. The third-order valence-electron chi connectivity index (χ3n) is 2.39. The zero-order chi connectivity index (χ0) is 11.3. The minimum absolute atomic E-state index is 0.401. The van der Waals surface area contributed by atoms with Crippen LogP contribution in [0.5, 0.6) is 0 Å². The molecule has 0 saturated heterocycles. The Morgan fingerprint density at radius 2 is 2.13 bits per heavy atom. The van der Waals surface area contributed by atoms with Crippen LogP contribution in [0.2, 0.25) is 0 Å². The zero-order valence-electron chi connectivity index (χ0n) is 9.36. The van der Waals surface area contributed by atoms with E-state index in [4.69, 9.17) is 10.2 Å². The summed E-state index contributed by atoms with van der Waals surface area (Å²) in [4.78, 5) is 0. The van der Waals surface area contributed by atoms with E-state index in [9.17, 15) is 4.21 Å². The van der Waals surface area contributed by atoms with Crippen LogP contribution in [0.1, 0.15) is 31.8 Å². The molecule has 1 heterocycles. The van der Waals surface area contributed by atoms with Gasteiger partial charge in [-0.25, -0.2) is 0 Å². The minimum Gasteiger partial charge on any atom is -0.464 e. The highest BCUT2D eigenvalue weighted by Gasteiger charge is 2.09. The molecular weight excluding hydrogens is 210 g/mol. The lowest BCUT2D eigenvalue weighted by Gasteiger charge is -2.06. The van der Waals surface area contributed by atoms with Crippen molar-refractivity contribution in [3.05, 3.63) is 23.7 Å². The van der Waals surface area contributed by atoms with Crippen LogP contribution in [0.4, 0.5) is 0 Å². The lowest BCUT2D eigenvalue weighted by Crippen LogP contribution is -2.08. The van der Waals surface area contributed by atoms with Gasteiger partial charge in [0.1, 0.15) is 11.5 Å². The number of nitrogens with two attached hydrogens (primary N) is 1. The van der Waals surface area contributed by atoms with E-state index in [-0.39, 0.29) is 0 Å². The number of hydrogen-bond acceptors (Lipinski definition) is 3. The van der Waals surface area contributed by atoms with Gasteiger partial charge in [0.25, 0.3) is 0 Å². The molecule has 1 rings (SSSR count). The van der Waals surface area contributed by atoms with Gasteiger partial charge in [-0.1, -0.05) is 20.3 Å². The van der Waals surface area contributed by atoms with Crippen molar-refractivity contribution >= 4 is 10.8 Å². The number of hydrogen-bond donors (Lipinski definition) is 1.